The zero-order valence-corrected chi connectivity index (χ0v) is 18.2. The number of amides is 2. The van der Waals surface area contributed by atoms with E-state index in [9.17, 15) is 9.59 Å². The van der Waals surface area contributed by atoms with Gasteiger partial charge in [0.2, 0.25) is 0 Å². The number of carbonyl (C=O) groups excluding carboxylic acids is 2. The maximum absolute atomic E-state index is 12.9. The number of hydrogen-bond donors (Lipinski definition) is 2. The van der Waals surface area contributed by atoms with E-state index in [-0.39, 0.29) is 17.5 Å². The fraction of sp³-hybridized carbons (Fsp3) is 0.227. The zero-order chi connectivity index (χ0) is 22.0. The van der Waals surface area contributed by atoms with Crippen molar-refractivity contribution in [3.63, 3.8) is 0 Å². The van der Waals surface area contributed by atoms with Crippen LogP contribution in [-0.2, 0) is 12.1 Å². The first-order chi connectivity index (χ1) is 14.8. The molecular formula is C22H22N6O2S. The summed E-state index contributed by atoms with van der Waals surface area (Å²) in [7, 11) is 0. The summed E-state index contributed by atoms with van der Waals surface area (Å²) in [5.74, 6) is -0.573. The van der Waals surface area contributed by atoms with Gasteiger partial charge in [-0.2, -0.15) is 10.1 Å². The van der Waals surface area contributed by atoms with Gasteiger partial charge in [0.1, 0.15) is 4.70 Å². The molecule has 0 bridgehead atoms. The van der Waals surface area contributed by atoms with E-state index in [0.29, 0.717) is 27.6 Å². The SMILES string of the molecule is CC(C)(C)n1nc(C(=O)NCc2ccccn2)c2sc(NC(=O)c3ccccc3)nc21. The van der Waals surface area contributed by atoms with Crippen LogP contribution in [0.1, 0.15) is 47.3 Å². The lowest BCUT2D eigenvalue weighted by Crippen LogP contribution is -2.26. The number of fused-ring (bicyclic) bond motifs is 1. The van der Waals surface area contributed by atoms with Crippen LogP contribution in [-0.4, -0.2) is 31.6 Å². The molecule has 3 aromatic heterocycles. The summed E-state index contributed by atoms with van der Waals surface area (Å²) in [5, 5.41) is 10.6. The maximum Gasteiger partial charge on any atom is 0.273 e. The molecule has 0 fully saturated rings. The number of pyridine rings is 1. The Hall–Kier alpha value is -3.59. The van der Waals surface area contributed by atoms with Crippen molar-refractivity contribution in [2.75, 3.05) is 5.32 Å². The lowest BCUT2D eigenvalue weighted by Gasteiger charge is -2.19. The molecule has 0 aliphatic rings. The summed E-state index contributed by atoms with van der Waals surface area (Å²) < 4.78 is 2.34. The third-order valence-corrected chi connectivity index (χ3v) is 5.45. The van der Waals surface area contributed by atoms with Crippen LogP contribution in [0.25, 0.3) is 10.3 Å². The van der Waals surface area contributed by atoms with Gasteiger partial charge in [0.25, 0.3) is 11.8 Å². The van der Waals surface area contributed by atoms with Gasteiger partial charge >= 0.3 is 0 Å². The summed E-state index contributed by atoms with van der Waals surface area (Å²) in [6.07, 6.45) is 1.68. The Morgan fingerprint density at radius 2 is 1.77 bits per heavy atom. The number of thiazole rings is 1. The Balaban J connectivity index is 1.64. The van der Waals surface area contributed by atoms with E-state index in [1.165, 1.54) is 11.3 Å². The molecule has 0 aliphatic carbocycles. The minimum Gasteiger partial charge on any atom is -0.345 e. The molecule has 3 heterocycles. The molecule has 31 heavy (non-hydrogen) atoms. The Kier molecular flexibility index (Phi) is 5.51. The molecule has 4 rings (SSSR count). The van der Waals surface area contributed by atoms with Crippen molar-refractivity contribution in [3.05, 3.63) is 71.7 Å². The molecule has 0 spiro atoms. The summed E-state index contributed by atoms with van der Waals surface area (Å²) >= 11 is 1.23. The number of nitrogens with zero attached hydrogens (tertiary/aromatic N) is 4. The summed E-state index contributed by atoms with van der Waals surface area (Å²) in [5.41, 5.74) is 1.73. The van der Waals surface area contributed by atoms with E-state index in [1.807, 2.05) is 45.0 Å². The van der Waals surface area contributed by atoms with Crippen molar-refractivity contribution >= 4 is 38.6 Å². The van der Waals surface area contributed by atoms with Crippen LogP contribution in [0, 0.1) is 0 Å². The van der Waals surface area contributed by atoms with E-state index in [0.717, 1.165) is 5.69 Å². The number of nitrogens with one attached hydrogen (secondary N) is 2. The minimum atomic E-state index is -0.396. The molecular weight excluding hydrogens is 412 g/mol. The van der Waals surface area contributed by atoms with Crippen LogP contribution in [0.4, 0.5) is 5.13 Å². The summed E-state index contributed by atoms with van der Waals surface area (Å²) in [6, 6.07) is 14.4. The Bertz CT molecular complexity index is 1230. The first kappa shape index (κ1) is 20.7. The highest BCUT2D eigenvalue weighted by molar-refractivity contribution is 7.22. The van der Waals surface area contributed by atoms with Crippen molar-refractivity contribution in [1.82, 2.24) is 25.1 Å². The predicted octanol–water partition coefficient (Wildman–Crippen LogP) is 3.83. The standard InChI is InChI=1S/C22H22N6O2S/c1-22(2,3)28-18-17(16(27-28)20(30)24-13-15-11-7-8-12-23-15)31-21(25-18)26-19(29)14-9-5-4-6-10-14/h4-12H,13H2,1-3H3,(H,24,30)(H,25,26,29). The number of aromatic nitrogens is 4. The second kappa shape index (κ2) is 8.27. The molecule has 0 aliphatic heterocycles. The molecule has 1 aromatic carbocycles. The fourth-order valence-corrected chi connectivity index (χ4v) is 3.91. The predicted molar refractivity (Wildman–Crippen MR) is 120 cm³/mol. The summed E-state index contributed by atoms with van der Waals surface area (Å²) in [4.78, 5) is 34.2. The van der Waals surface area contributed by atoms with Crippen molar-refractivity contribution in [2.24, 2.45) is 0 Å². The third kappa shape index (κ3) is 4.46. The van der Waals surface area contributed by atoms with Crippen LogP contribution in [0.2, 0.25) is 0 Å². The Morgan fingerprint density at radius 3 is 2.45 bits per heavy atom. The van der Waals surface area contributed by atoms with Gasteiger partial charge in [0, 0.05) is 11.8 Å². The molecule has 0 atom stereocenters. The van der Waals surface area contributed by atoms with Gasteiger partial charge in [-0.15, -0.1) is 0 Å². The second-order valence-electron chi connectivity index (χ2n) is 7.93. The smallest absolute Gasteiger partial charge is 0.273 e. The van der Waals surface area contributed by atoms with Crippen molar-refractivity contribution < 1.29 is 9.59 Å². The minimum absolute atomic E-state index is 0.256. The highest BCUT2D eigenvalue weighted by Crippen LogP contribution is 2.32. The molecule has 0 radical (unpaired) electrons. The van der Waals surface area contributed by atoms with Crippen LogP contribution < -0.4 is 10.6 Å². The largest absolute Gasteiger partial charge is 0.345 e. The molecule has 8 nitrogen and oxygen atoms in total. The Morgan fingerprint density at radius 1 is 1.03 bits per heavy atom. The van der Waals surface area contributed by atoms with Gasteiger partial charge in [-0.1, -0.05) is 35.6 Å². The molecule has 158 valence electrons. The monoisotopic (exact) mass is 434 g/mol. The van der Waals surface area contributed by atoms with E-state index in [1.54, 1.807) is 35.1 Å². The average Bonchev–Trinajstić information content (AvgIpc) is 3.31. The quantitative estimate of drug-likeness (QED) is 0.497. The third-order valence-electron chi connectivity index (χ3n) is 4.49. The molecule has 0 saturated heterocycles. The topological polar surface area (TPSA) is 102 Å². The number of benzene rings is 1. The lowest BCUT2D eigenvalue weighted by atomic mass is 10.1. The molecule has 2 N–H and O–H groups in total. The van der Waals surface area contributed by atoms with Crippen LogP contribution in [0.15, 0.2) is 54.7 Å². The first-order valence-corrected chi connectivity index (χ1v) is 10.6. The molecule has 4 aromatic rings. The van der Waals surface area contributed by atoms with Gasteiger partial charge < -0.3 is 5.32 Å². The number of hydrogen-bond acceptors (Lipinski definition) is 6. The molecule has 2 amide bonds. The highest BCUT2D eigenvalue weighted by atomic mass is 32.1. The molecule has 0 unspecified atom stereocenters. The second-order valence-corrected chi connectivity index (χ2v) is 8.93. The lowest BCUT2D eigenvalue weighted by molar-refractivity contribution is 0.0944. The molecule has 0 saturated carbocycles. The van der Waals surface area contributed by atoms with Gasteiger partial charge in [0.15, 0.2) is 16.5 Å². The van der Waals surface area contributed by atoms with Gasteiger partial charge in [0.05, 0.1) is 17.8 Å². The summed E-state index contributed by atoms with van der Waals surface area (Å²) in [6.45, 7) is 6.24. The maximum atomic E-state index is 12.9. The normalized spacial score (nSPS) is 11.5. The fourth-order valence-electron chi connectivity index (χ4n) is 2.99. The zero-order valence-electron chi connectivity index (χ0n) is 17.4. The average molecular weight is 435 g/mol. The first-order valence-electron chi connectivity index (χ1n) is 9.77. The number of rotatable bonds is 5. The van der Waals surface area contributed by atoms with Crippen molar-refractivity contribution in [3.8, 4) is 0 Å². The van der Waals surface area contributed by atoms with E-state index in [4.69, 9.17) is 0 Å². The Labute approximate surface area is 183 Å². The van der Waals surface area contributed by atoms with Crippen LogP contribution in [0.5, 0.6) is 0 Å². The van der Waals surface area contributed by atoms with Gasteiger partial charge in [-0.05, 0) is 45.0 Å². The van der Waals surface area contributed by atoms with Crippen molar-refractivity contribution in [1.29, 1.82) is 0 Å². The van der Waals surface area contributed by atoms with Crippen LogP contribution >= 0.6 is 11.3 Å². The van der Waals surface area contributed by atoms with Crippen LogP contribution in [0.3, 0.4) is 0 Å². The highest BCUT2D eigenvalue weighted by Gasteiger charge is 2.27. The van der Waals surface area contributed by atoms with E-state index < -0.39 is 5.54 Å². The van der Waals surface area contributed by atoms with E-state index >= 15 is 0 Å². The molecule has 9 heteroatoms. The van der Waals surface area contributed by atoms with E-state index in [2.05, 4.69) is 25.7 Å². The van der Waals surface area contributed by atoms with Gasteiger partial charge in [-0.25, -0.2) is 4.68 Å². The van der Waals surface area contributed by atoms with Gasteiger partial charge in [-0.3, -0.25) is 19.9 Å². The number of anilines is 1. The van der Waals surface area contributed by atoms with Crippen molar-refractivity contribution in [2.45, 2.75) is 32.9 Å². The number of carbonyl (C=O) groups is 2.